The molecule has 0 aliphatic heterocycles. The van der Waals surface area contributed by atoms with E-state index in [-0.39, 0.29) is 0 Å². The summed E-state index contributed by atoms with van der Waals surface area (Å²) in [4.78, 5) is 2.31. The minimum Gasteiger partial charge on any atom is -0.388 e. The fourth-order valence-electron chi connectivity index (χ4n) is 5.88. The monoisotopic (exact) mass is 540 g/mol. The van der Waals surface area contributed by atoms with E-state index in [0.717, 1.165) is 5.69 Å². The summed E-state index contributed by atoms with van der Waals surface area (Å²) >= 11 is 0. The van der Waals surface area contributed by atoms with Crippen LogP contribution in [0.1, 0.15) is 0 Å². The van der Waals surface area contributed by atoms with Crippen LogP contribution in [0.25, 0.3) is 54.9 Å². The van der Waals surface area contributed by atoms with E-state index in [4.69, 9.17) is 0 Å². The number of fused-ring (bicyclic) bond motifs is 2. The van der Waals surface area contributed by atoms with Crippen LogP contribution in [0.4, 0.5) is 17.1 Å². The van der Waals surface area contributed by atoms with Crippen molar-refractivity contribution in [3.8, 4) is 33.4 Å². The first-order valence-corrected chi connectivity index (χ1v) is 14.4. The molecular formula is C40H32N2. The van der Waals surface area contributed by atoms with Crippen molar-refractivity contribution in [2.24, 2.45) is 0 Å². The summed E-state index contributed by atoms with van der Waals surface area (Å²) in [5, 5.41) is 8.18. The van der Waals surface area contributed by atoms with Crippen molar-refractivity contribution in [1.29, 1.82) is 0 Å². The number of hydrogen-bond donors (Lipinski definition) is 1. The standard InChI is InChI=1S/C40H32N2/c1-41-36-23-19-32(20-24-36)30-13-11-29(12-14-30)31-15-17-34(18-16-31)40-38-10-6-5-8-33(38)22-26-39(40)42(2)37-25-21-28-7-3-4-9-35(28)27-37/h3-27,41H,1-2H3. The van der Waals surface area contributed by atoms with Crippen LogP contribution < -0.4 is 10.2 Å². The van der Waals surface area contributed by atoms with Gasteiger partial charge in [0.15, 0.2) is 0 Å². The predicted molar refractivity (Wildman–Crippen MR) is 182 cm³/mol. The average Bonchev–Trinajstić information content (AvgIpc) is 3.07. The highest BCUT2D eigenvalue weighted by molar-refractivity contribution is 6.04. The molecule has 0 aliphatic carbocycles. The van der Waals surface area contributed by atoms with Gasteiger partial charge < -0.3 is 10.2 Å². The number of benzene rings is 7. The zero-order chi connectivity index (χ0) is 28.5. The molecule has 0 amide bonds. The van der Waals surface area contributed by atoms with Crippen LogP contribution in [0.5, 0.6) is 0 Å². The second-order valence-electron chi connectivity index (χ2n) is 10.8. The lowest BCUT2D eigenvalue weighted by Crippen LogP contribution is -2.11. The Morgan fingerprint density at radius 3 is 1.57 bits per heavy atom. The van der Waals surface area contributed by atoms with Crippen molar-refractivity contribution in [2.45, 2.75) is 0 Å². The maximum absolute atomic E-state index is 3.18. The molecule has 7 aromatic rings. The van der Waals surface area contributed by atoms with Crippen LogP contribution in [0.15, 0.2) is 152 Å². The van der Waals surface area contributed by atoms with Gasteiger partial charge in [-0.05, 0) is 79.7 Å². The molecule has 7 rings (SSSR count). The lowest BCUT2D eigenvalue weighted by atomic mass is 9.93. The fourth-order valence-corrected chi connectivity index (χ4v) is 5.88. The first kappa shape index (κ1) is 25.6. The largest absolute Gasteiger partial charge is 0.388 e. The van der Waals surface area contributed by atoms with Gasteiger partial charge in [0.05, 0.1) is 0 Å². The molecule has 2 nitrogen and oxygen atoms in total. The summed E-state index contributed by atoms with van der Waals surface area (Å²) in [6.45, 7) is 0. The third-order valence-electron chi connectivity index (χ3n) is 8.29. The van der Waals surface area contributed by atoms with Gasteiger partial charge in [0.1, 0.15) is 0 Å². The highest BCUT2D eigenvalue weighted by atomic mass is 15.1. The Hall–Kier alpha value is -5.34. The Morgan fingerprint density at radius 2 is 0.952 bits per heavy atom. The zero-order valence-electron chi connectivity index (χ0n) is 23.9. The summed E-state index contributed by atoms with van der Waals surface area (Å²) in [6.07, 6.45) is 0. The molecule has 0 atom stereocenters. The highest BCUT2D eigenvalue weighted by Crippen LogP contribution is 2.41. The number of rotatable bonds is 6. The number of anilines is 3. The van der Waals surface area contributed by atoms with Crippen LogP contribution in [0.3, 0.4) is 0 Å². The molecule has 0 bridgehead atoms. The molecule has 0 heterocycles. The van der Waals surface area contributed by atoms with E-state index >= 15 is 0 Å². The maximum Gasteiger partial charge on any atom is 0.0494 e. The van der Waals surface area contributed by atoms with Crippen LogP contribution in [-0.2, 0) is 0 Å². The first-order chi connectivity index (χ1) is 20.7. The Kier molecular flexibility index (Phi) is 6.65. The van der Waals surface area contributed by atoms with Crippen molar-refractivity contribution >= 4 is 38.6 Å². The lowest BCUT2D eigenvalue weighted by molar-refractivity contribution is 1.22. The number of nitrogens with zero attached hydrogens (tertiary/aromatic N) is 1. The normalized spacial score (nSPS) is 11.1. The van der Waals surface area contributed by atoms with Gasteiger partial charge in [-0.15, -0.1) is 0 Å². The molecule has 0 fully saturated rings. The van der Waals surface area contributed by atoms with Gasteiger partial charge in [0.2, 0.25) is 0 Å². The Balaban J connectivity index is 1.25. The van der Waals surface area contributed by atoms with Crippen LogP contribution >= 0.6 is 0 Å². The van der Waals surface area contributed by atoms with Crippen molar-refractivity contribution in [2.75, 3.05) is 24.3 Å². The van der Waals surface area contributed by atoms with Gasteiger partial charge in [0, 0.05) is 36.7 Å². The molecule has 0 spiro atoms. The van der Waals surface area contributed by atoms with E-state index in [9.17, 15) is 0 Å². The minimum absolute atomic E-state index is 1.12. The lowest BCUT2D eigenvalue weighted by Gasteiger charge is -2.25. The van der Waals surface area contributed by atoms with Crippen LogP contribution in [0.2, 0.25) is 0 Å². The summed E-state index contributed by atoms with van der Waals surface area (Å²) in [7, 11) is 4.11. The second kappa shape index (κ2) is 10.9. The van der Waals surface area contributed by atoms with Gasteiger partial charge in [-0.3, -0.25) is 0 Å². The van der Waals surface area contributed by atoms with Crippen molar-refractivity contribution in [3.05, 3.63) is 152 Å². The van der Waals surface area contributed by atoms with E-state index < -0.39 is 0 Å². The van der Waals surface area contributed by atoms with Crippen molar-refractivity contribution in [1.82, 2.24) is 0 Å². The molecule has 42 heavy (non-hydrogen) atoms. The van der Waals surface area contributed by atoms with Crippen molar-refractivity contribution < 1.29 is 0 Å². The molecule has 0 radical (unpaired) electrons. The summed E-state index contributed by atoms with van der Waals surface area (Å²) in [5.74, 6) is 0. The Morgan fingerprint density at radius 1 is 0.452 bits per heavy atom. The van der Waals surface area contributed by atoms with Gasteiger partial charge >= 0.3 is 0 Å². The van der Waals surface area contributed by atoms with Gasteiger partial charge in [-0.25, -0.2) is 0 Å². The van der Waals surface area contributed by atoms with E-state index in [2.05, 4.69) is 169 Å². The second-order valence-corrected chi connectivity index (χ2v) is 10.8. The predicted octanol–water partition coefficient (Wildman–Crippen LogP) is 10.8. The molecule has 0 unspecified atom stereocenters. The molecule has 0 aromatic heterocycles. The Labute approximate surface area is 247 Å². The summed E-state index contributed by atoms with van der Waals surface area (Å²) in [5.41, 5.74) is 10.8. The van der Waals surface area contributed by atoms with Crippen LogP contribution in [-0.4, -0.2) is 14.1 Å². The van der Waals surface area contributed by atoms with Gasteiger partial charge in [-0.1, -0.05) is 121 Å². The molecule has 0 aliphatic rings. The molecule has 7 aromatic carbocycles. The highest BCUT2D eigenvalue weighted by Gasteiger charge is 2.15. The van der Waals surface area contributed by atoms with E-state index in [1.54, 1.807) is 0 Å². The Bertz CT molecular complexity index is 2000. The fraction of sp³-hybridized carbons (Fsp3) is 0.0500. The molecule has 0 saturated carbocycles. The molecule has 202 valence electrons. The third-order valence-corrected chi connectivity index (χ3v) is 8.29. The molecular weight excluding hydrogens is 508 g/mol. The molecule has 1 N–H and O–H groups in total. The topological polar surface area (TPSA) is 15.3 Å². The van der Waals surface area contributed by atoms with Crippen molar-refractivity contribution in [3.63, 3.8) is 0 Å². The van der Waals surface area contributed by atoms with Gasteiger partial charge in [0.25, 0.3) is 0 Å². The average molecular weight is 541 g/mol. The maximum atomic E-state index is 3.18. The molecule has 2 heteroatoms. The SMILES string of the molecule is CNc1ccc(-c2ccc(-c3ccc(-c4c(N(C)c5ccc6ccccc6c5)ccc5ccccc45)cc3)cc2)cc1. The quantitative estimate of drug-likeness (QED) is 0.226. The first-order valence-electron chi connectivity index (χ1n) is 14.4. The minimum atomic E-state index is 1.12. The summed E-state index contributed by atoms with van der Waals surface area (Å²) in [6, 6.07) is 54.8. The molecule has 0 saturated heterocycles. The number of nitrogens with one attached hydrogen (secondary N) is 1. The van der Waals surface area contributed by atoms with E-state index in [0.29, 0.717) is 0 Å². The van der Waals surface area contributed by atoms with Gasteiger partial charge in [-0.2, -0.15) is 0 Å². The van der Waals surface area contributed by atoms with E-state index in [1.165, 1.54) is 66.3 Å². The zero-order valence-corrected chi connectivity index (χ0v) is 23.9. The van der Waals surface area contributed by atoms with E-state index in [1.807, 2.05) is 7.05 Å². The smallest absolute Gasteiger partial charge is 0.0494 e. The third kappa shape index (κ3) is 4.78. The van der Waals surface area contributed by atoms with Crippen LogP contribution in [0, 0.1) is 0 Å². The number of hydrogen-bond acceptors (Lipinski definition) is 2. The summed E-state index contributed by atoms with van der Waals surface area (Å²) < 4.78 is 0.